The maximum atomic E-state index is 8.85. The fraction of sp³-hybridized carbons (Fsp3) is 0.263. The molecule has 7 aromatic rings. The molecule has 0 aliphatic carbocycles. The Morgan fingerprint density at radius 2 is 0.518 bits per heavy atom. The quantitative estimate of drug-likeness (QED) is 0.0302. The van der Waals surface area contributed by atoms with Crippen LogP contribution in [-0.2, 0) is 30.7 Å². The van der Waals surface area contributed by atoms with Crippen molar-refractivity contribution in [3.8, 4) is 0 Å². The van der Waals surface area contributed by atoms with Gasteiger partial charge in [-0.15, -0.1) is 0 Å². The predicted molar refractivity (Wildman–Crippen MR) is 363 cm³/mol. The summed E-state index contributed by atoms with van der Waals surface area (Å²) in [5, 5.41) is 5.57. The third-order valence-corrected chi connectivity index (χ3v) is 22.2. The van der Waals surface area contributed by atoms with E-state index in [4.69, 9.17) is 249 Å². The van der Waals surface area contributed by atoms with Crippen molar-refractivity contribution in [1.29, 1.82) is 0 Å². The Hall–Kier alpha value is 0.430. The summed E-state index contributed by atoms with van der Waals surface area (Å²) in [5.41, 5.74) is -3.01. The molecule has 7 rings (SSSR count). The van der Waals surface area contributed by atoms with E-state index in [1.54, 1.807) is 72.8 Å². The van der Waals surface area contributed by atoms with Gasteiger partial charge in [-0.25, -0.2) is 4.90 Å². The van der Waals surface area contributed by atoms with Crippen molar-refractivity contribution in [1.82, 2.24) is 20.4 Å². The summed E-state index contributed by atoms with van der Waals surface area (Å²) in [5.74, 6) is 0. The number of rotatable bonds is 25. The van der Waals surface area contributed by atoms with Gasteiger partial charge in [0.25, 0.3) is 0 Å². The molecule has 444 valence electrons. The van der Waals surface area contributed by atoms with Gasteiger partial charge in [-0.3, -0.25) is 4.90 Å². The standard InChI is InChI=1S/C57H44Cl21N5/c58-42-22-8-1-15-35(42)49(65,66)56(50(67,68)36-16-2-9-23-43(36)59,82(34-33-81-32-31-80-30-29-79)53(73,74)39-19-5-12-26-46(39)62)57(51(69,70)37-17-3-10-24-44(37)60,52(71,72)38-18-4-11-25-45(38)61)83(54(75,76)40-20-6-13-27-47(40)63)55(77,78)41-21-7-14-28-48(41)64/h1-28,80-81H,29-34,79H2. The van der Waals surface area contributed by atoms with Crippen LogP contribution in [-0.4, -0.2) is 60.1 Å². The molecule has 26 heteroatoms. The number of alkyl halides is 14. The van der Waals surface area contributed by atoms with E-state index in [0.717, 1.165) is 4.90 Å². The van der Waals surface area contributed by atoms with E-state index in [2.05, 4.69) is 10.6 Å². The Bertz CT molecular complexity index is 3200. The summed E-state index contributed by atoms with van der Waals surface area (Å²) in [6.45, 7) is 0.711. The van der Waals surface area contributed by atoms with Crippen LogP contribution in [0.1, 0.15) is 38.9 Å². The lowest BCUT2D eigenvalue weighted by atomic mass is 9.59. The third kappa shape index (κ3) is 12.9. The monoisotopic (exact) mass is 1530 g/mol. The molecule has 0 aliphatic heterocycles. The Kier molecular flexibility index (Phi) is 24.4. The third-order valence-electron chi connectivity index (χ3n) is 13.7. The highest BCUT2D eigenvalue weighted by molar-refractivity contribution is 6.61. The molecule has 83 heavy (non-hydrogen) atoms. The van der Waals surface area contributed by atoms with Crippen LogP contribution in [0.15, 0.2) is 170 Å². The SMILES string of the molecule is NCCNCCNCCN(C(Cl)(Cl)c1ccccc1Cl)C(C(Cl)(Cl)c1ccccc1Cl)(C(Cl)(Cl)c1ccccc1Cl)C(N(C(Cl)(Cl)c1ccccc1Cl)C(Cl)(Cl)c1ccccc1Cl)(C(Cl)(Cl)c1ccccc1Cl)C(Cl)(Cl)c1ccccc1Cl. The van der Waals surface area contributed by atoms with Crippen LogP contribution in [0.3, 0.4) is 0 Å². The van der Waals surface area contributed by atoms with Crippen molar-refractivity contribution in [2.24, 2.45) is 5.73 Å². The van der Waals surface area contributed by atoms with Gasteiger partial charge in [-0.05, 0) is 42.5 Å². The van der Waals surface area contributed by atoms with Crippen molar-refractivity contribution >= 4 is 244 Å². The molecular weight excluding hydrogens is 1500 g/mol. The second kappa shape index (κ2) is 28.5. The minimum atomic E-state index is -3.68. The van der Waals surface area contributed by atoms with E-state index in [1.165, 1.54) is 102 Å². The van der Waals surface area contributed by atoms with Crippen LogP contribution < -0.4 is 16.4 Å². The van der Waals surface area contributed by atoms with E-state index in [-0.39, 0.29) is 87.2 Å². The molecule has 0 amide bonds. The first-order chi connectivity index (χ1) is 38.9. The summed E-state index contributed by atoms with van der Waals surface area (Å²) < 4.78 is -21.9. The van der Waals surface area contributed by atoms with Gasteiger partial charge in [0.1, 0.15) is 11.1 Å². The first kappa shape index (κ1) is 70.9. The van der Waals surface area contributed by atoms with E-state index in [9.17, 15) is 0 Å². The zero-order valence-corrected chi connectivity index (χ0v) is 58.2. The molecule has 0 fully saturated rings. The van der Waals surface area contributed by atoms with Gasteiger partial charge in [0.15, 0.2) is 21.8 Å². The Morgan fingerprint density at radius 3 is 0.783 bits per heavy atom. The highest BCUT2D eigenvalue weighted by Gasteiger charge is 2.91. The van der Waals surface area contributed by atoms with Crippen LogP contribution in [0.25, 0.3) is 0 Å². The predicted octanol–water partition coefficient (Wildman–Crippen LogP) is 22.0. The maximum absolute atomic E-state index is 8.85. The average molecular weight is 1540 g/mol. The van der Waals surface area contributed by atoms with Crippen LogP contribution in [0, 0.1) is 0 Å². The first-order valence-electron chi connectivity index (χ1n) is 24.5. The van der Waals surface area contributed by atoms with Crippen molar-refractivity contribution < 1.29 is 0 Å². The summed E-state index contributed by atoms with van der Waals surface area (Å²) in [7, 11) is 0. The fourth-order valence-electron chi connectivity index (χ4n) is 10.3. The van der Waals surface area contributed by atoms with Crippen molar-refractivity contribution in [3.05, 3.63) is 244 Å². The molecule has 5 nitrogen and oxygen atoms in total. The van der Waals surface area contributed by atoms with Gasteiger partial charge in [-0.2, -0.15) is 0 Å². The number of nitrogens with one attached hydrogen (secondary N) is 2. The molecule has 0 bridgehead atoms. The van der Waals surface area contributed by atoms with Gasteiger partial charge >= 0.3 is 0 Å². The molecule has 0 saturated heterocycles. The highest BCUT2D eigenvalue weighted by atomic mass is 35.6. The minimum absolute atomic E-state index is 0.0544. The van der Waals surface area contributed by atoms with E-state index in [1.807, 2.05) is 0 Å². The lowest BCUT2D eigenvalue weighted by Gasteiger charge is -2.75. The molecule has 0 aliphatic rings. The van der Waals surface area contributed by atoms with Gasteiger partial charge in [0, 0.05) is 113 Å². The first-order valence-corrected chi connectivity index (χ1v) is 32.5. The molecule has 7 aromatic carbocycles. The van der Waals surface area contributed by atoms with E-state index < -0.39 is 48.3 Å². The van der Waals surface area contributed by atoms with Crippen molar-refractivity contribution in [2.45, 2.75) is 41.8 Å². The number of nitrogens with zero attached hydrogens (tertiary/aromatic N) is 2. The molecule has 0 saturated carbocycles. The Labute approximate surface area is 588 Å². The lowest BCUT2D eigenvalue weighted by molar-refractivity contribution is -0.154. The number of hydrogen-bond donors (Lipinski definition) is 3. The van der Waals surface area contributed by atoms with Crippen molar-refractivity contribution in [2.75, 3.05) is 39.3 Å². The molecule has 4 N–H and O–H groups in total. The average Bonchev–Trinajstić information content (AvgIpc) is 0.672. The molecule has 0 spiro atoms. The van der Waals surface area contributed by atoms with Gasteiger partial charge in [0.05, 0.1) is 0 Å². The number of nitrogens with two attached hydrogens (primary N) is 1. The molecular formula is C57H44Cl21N5. The molecule has 0 radical (unpaired) electrons. The highest BCUT2D eigenvalue weighted by Crippen LogP contribution is 2.81. The van der Waals surface area contributed by atoms with Gasteiger partial charge < -0.3 is 16.4 Å². The molecule has 0 aromatic heterocycles. The van der Waals surface area contributed by atoms with Gasteiger partial charge in [0.2, 0.25) is 8.91 Å². The molecule has 0 unspecified atom stereocenters. The second-order valence-corrected chi connectivity index (χ2v) is 30.5. The number of benzene rings is 7. The normalized spacial score (nSPS) is 13.5. The van der Waals surface area contributed by atoms with Crippen molar-refractivity contribution in [3.63, 3.8) is 0 Å². The largest absolute Gasteiger partial charge is 0.329 e. The van der Waals surface area contributed by atoms with Gasteiger partial charge in [-0.1, -0.05) is 371 Å². The van der Waals surface area contributed by atoms with E-state index >= 15 is 0 Å². The zero-order valence-electron chi connectivity index (χ0n) is 42.3. The van der Waals surface area contributed by atoms with Crippen LogP contribution in [0.4, 0.5) is 0 Å². The number of halogens is 21. The van der Waals surface area contributed by atoms with Crippen LogP contribution in [0.2, 0.25) is 35.2 Å². The topological polar surface area (TPSA) is 56.6 Å². The Balaban J connectivity index is 2.04. The zero-order chi connectivity index (χ0) is 61.2. The second-order valence-electron chi connectivity index (χ2n) is 18.5. The molecule has 0 heterocycles. The summed E-state index contributed by atoms with van der Waals surface area (Å²) >= 11 is 173. The smallest absolute Gasteiger partial charge is 0.202 e. The summed E-state index contributed by atoms with van der Waals surface area (Å²) in [6.07, 6.45) is 0. The van der Waals surface area contributed by atoms with Crippen LogP contribution in [0.5, 0.6) is 0 Å². The number of hydrogen-bond acceptors (Lipinski definition) is 5. The maximum Gasteiger partial charge on any atom is 0.202 e. The van der Waals surface area contributed by atoms with Crippen LogP contribution >= 0.6 is 244 Å². The lowest BCUT2D eigenvalue weighted by Crippen LogP contribution is -2.91. The Morgan fingerprint density at radius 1 is 0.289 bits per heavy atom. The summed E-state index contributed by atoms with van der Waals surface area (Å²) in [4.78, 5) is 2.11. The summed E-state index contributed by atoms with van der Waals surface area (Å²) in [6, 6.07) is 42.3. The van der Waals surface area contributed by atoms with E-state index in [0.29, 0.717) is 19.6 Å². The minimum Gasteiger partial charge on any atom is -0.329 e. The molecule has 0 atom stereocenters. The fourth-order valence-corrected chi connectivity index (χ4v) is 20.1.